The maximum Gasteiger partial charge on any atom is 0.274 e. The quantitative estimate of drug-likeness (QED) is 0.182. The molecule has 4 aromatic rings. The Balaban J connectivity index is 1.56. The Hall–Kier alpha value is -3.72. The van der Waals surface area contributed by atoms with Gasteiger partial charge < -0.3 is 4.90 Å². The first kappa shape index (κ1) is 26.9. The number of nitrogens with two attached hydrogens (primary N) is 1. The highest BCUT2D eigenvalue weighted by Crippen LogP contribution is 2.35. The van der Waals surface area contributed by atoms with E-state index in [1.807, 2.05) is 12.1 Å². The highest BCUT2D eigenvalue weighted by atomic mass is 35.5. The maximum atomic E-state index is 14.4. The topological polar surface area (TPSA) is 93.2 Å². The second-order valence-corrected chi connectivity index (χ2v) is 10.2. The van der Waals surface area contributed by atoms with Crippen LogP contribution in [0, 0.1) is 5.82 Å². The molecule has 0 saturated carbocycles. The number of hydrogen-bond acceptors (Lipinski definition) is 4. The molecule has 200 valence electrons. The molecule has 1 aromatic heterocycles. The highest BCUT2D eigenvalue weighted by Gasteiger charge is 2.32. The molecule has 39 heavy (non-hydrogen) atoms. The lowest BCUT2D eigenvalue weighted by atomic mass is 9.89. The number of benzene rings is 3. The lowest BCUT2D eigenvalue weighted by Crippen LogP contribution is -2.39. The van der Waals surface area contributed by atoms with E-state index in [2.05, 4.69) is 5.43 Å². The molecule has 1 aliphatic rings. The van der Waals surface area contributed by atoms with Crippen molar-refractivity contribution in [2.24, 2.45) is 5.84 Å². The average molecular weight is 566 g/mol. The number of carbonyl (C=O) groups is 2. The summed E-state index contributed by atoms with van der Waals surface area (Å²) in [5.74, 6) is 4.42. The minimum absolute atomic E-state index is 0.0167. The number of nitrogens with zero attached hydrogens (tertiary/aromatic N) is 3. The fraction of sp³-hybridized carbons (Fsp3) is 0.207. The molecule has 0 atom stereocenters. The molecule has 0 spiro atoms. The van der Waals surface area contributed by atoms with Crippen LogP contribution in [-0.4, -0.2) is 39.6 Å². The van der Waals surface area contributed by atoms with Crippen molar-refractivity contribution in [1.82, 2.24) is 20.1 Å². The van der Waals surface area contributed by atoms with Gasteiger partial charge in [-0.15, -0.1) is 0 Å². The summed E-state index contributed by atoms with van der Waals surface area (Å²) in [6.07, 6.45) is 1.05. The molecule has 2 amide bonds. The minimum atomic E-state index is -0.476. The van der Waals surface area contributed by atoms with Crippen molar-refractivity contribution < 1.29 is 14.0 Å². The summed E-state index contributed by atoms with van der Waals surface area (Å²) in [7, 11) is 0. The number of para-hydroxylation sites is 1. The lowest BCUT2D eigenvalue weighted by Gasteiger charge is -2.32. The number of nitrogens with one attached hydrogen (secondary N) is 1. The number of piperidine rings is 1. The van der Waals surface area contributed by atoms with Gasteiger partial charge in [-0.25, -0.2) is 14.9 Å². The third-order valence-electron chi connectivity index (χ3n) is 7.01. The van der Waals surface area contributed by atoms with Gasteiger partial charge >= 0.3 is 0 Å². The Morgan fingerprint density at radius 1 is 0.974 bits per heavy atom. The van der Waals surface area contributed by atoms with Gasteiger partial charge in [0, 0.05) is 29.2 Å². The molecule has 1 aliphatic heterocycles. The van der Waals surface area contributed by atoms with Gasteiger partial charge in [-0.05, 0) is 54.7 Å². The summed E-state index contributed by atoms with van der Waals surface area (Å²) in [5.41, 5.74) is 5.15. The Kier molecular flexibility index (Phi) is 7.97. The van der Waals surface area contributed by atoms with Gasteiger partial charge in [0.2, 0.25) is 5.91 Å². The first-order valence-corrected chi connectivity index (χ1v) is 13.3. The predicted molar refractivity (Wildman–Crippen MR) is 149 cm³/mol. The lowest BCUT2D eigenvalue weighted by molar-refractivity contribution is -0.120. The number of hydrazine groups is 1. The predicted octanol–water partition coefficient (Wildman–Crippen LogP) is 5.54. The second kappa shape index (κ2) is 11.6. The zero-order valence-corrected chi connectivity index (χ0v) is 22.4. The number of halogens is 3. The number of hydrogen-bond donors (Lipinski definition) is 2. The second-order valence-electron chi connectivity index (χ2n) is 9.38. The van der Waals surface area contributed by atoms with Gasteiger partial charge in [0.25, 0.3) is 5.91 Å². The van der Waals surface area contributed by atoms with Crippen LogP contribution >= 0.6 is 23.2 Å². The monoisotopic (exact) mass is 565 g/mol. The summed E-state index contributed by atoms with van der Waals surface area (Å²) in [6.45, 7) is 0.852. The number of rotatable bonds is 6. The van der Waals surface area contributed by atoms with E-state index in [9.17, 15) is 14.0 Å². The van der Waals surface area contributed by atoms with E-state index in [0.29, 0.717) is 64.0 Å². The molecule has 0 radical (unpaired) electrons. The molecule has 7 nitrogen and oxygen atoms in total. The van der Waals surface area contributed by atoms with Crippen molar-refractivity contribution >= 4 is 35.0 Å². The summed E-state index contributed by atoms with van der Waals surface area (Å²) in [4.78, 5) is 28.2. The Morgan fingerprint density at radius 3 is 2.31 bits per heavy atom. The number of likely N-dealkylation sites (tertiary alicyclic amines) is 1. The van der Waals surface area contributed by atoms with E-state index in [-0.39, 0.29) is 29.8 Å². The van der Waals surface area contributed by atoms with Crippen LogP contribution in [-0.2, 0) is 11.2 Å². The van der Waals surface area contributed by atoms with Crippen LogP contribution in [0.2, 0.25) is 10.0 Å². The molecule has 2 heterocycles. The van der Waals surface area contributed by atoms with Crippen LogP contribution in [0.3, 0.4) is 0 Å². The third kappa shape index (κ3) is 5.54. The van der Waals surface area contributed by atoms with Gasteiger partial charge in [-0.1, -0.05) is 65.7 Å². The summed E-state index contributed by atoms with van der Waals surface area (Å²) in [5, 5.41) is 5.69. The first-order valence-electron chi connectivity index (χ1n) is 12.5. The fourth-order valence-corrected chi connectivity index (χ4v) is 5.39. The number of aromatic nitrogens is 2. The number of amides is 2. The van der Waals surface area contributed by atoms with Crippen molar-refractivity contribution in [1.29, 1.82) is 0 Å². The summed E-state index contributed by atoms with van der Waals surface area (Å²) >= 11 is 12.7. The molecule has 1 fully saturated rings. The summed E-state index contributed by atoms with van der Waals surface area (Å²) < 4.78 is 16.0. The van der Waals surface area contributed by atoms with Gasteiger partial charge in [0.15, 0.2) is 5.69 Å². The molecule has 0 unspecified atom stereocenters. The molecular weight excluding hydrogens is 540 g/mol. The van der Waals surface area contributed by atoms with Gasteiger partial charge in [-0.2, -0.15) is 5.10 Å². The fourth-order valence-electron chi connectivity index (χ4n) is 5.05. The zero-order chi connectivity index (χ0) is 27.5. The van der Waals surface area contributed by atoms with Gasteiger partial charge in [0.1, 0.15) is 5.82 Å². The van der Waals surface area contributed by atoms with E-state index in [0.717, 1.165) is 0 Å². The molecule has 5 rings (SSSR count). The van der Waals surface area contributed by atoms with Crippen molar-refractivity contribution in [2.75, 3.05) is 13.1 Å². The van der Waals surface area contributed by atoms with Crippen molar-refractivity contribution in [2.45, 2.75) is 25.2 Å². The van der Waals surface area contributed by atoms with Crippen LogP contribution in [0.15, 0.2) is 72.8 Å². The smallest absolute Gasteiger partial charge is 0.274 e. The Labute approximate surface area is 235 Å². The van der Waals surface area contributed by atoms with E-state index in [4.69, 9.17) is 34.1 Å². The molecular formula is C29H26Cl2FN5O2. The zero-order valence-electron chi connectivity index (χ0n) is 20.9. The summed E-state index contributed by atoms with van der Waals surface area (Å²) in [6, 6.07) is 20.9. The molecule has 3 N–H and O–H groups in total. The standard InChI is InChI=1S/C29H26Cl2FN5O2/c30-20-11-9-19(10-12-20)28-22(17-26(38)34-33)27(35-37(28)25-8-4-2-6-23(25)31)29(39)36-15-13-18(14-16-36)21-5-1-3-7-24(21)32/h1-12,18H,13-17,33H2,(H,34,38). The molecule has 0 bridgehead atoms. The van der Waals surface area contributed by atoms with Crippen LogP contribution in [0.1, 0.15) is 40.4 Å². The van der Waals surface area contributed by atoms with Gasteiger partial charge in [0.05, 0.1) is 22.8 Å². The Bertz CT molecular complexity index is 1510. The SMILES string of the molecule is NNC(=O)Cc1c(C(=O)N2CCC(c3ccccc3F)CC2)nn(-c2ccccc2Cl)c1-c1ccc(Cl)cc1. The normalized spacial score (nSPS) is 13.9. The van der Waals surface area contributed by atoms with Crippen molar-refractivity contribution in [3.8, 4) is 16.9 Å². The maximum absolute atomic E-state index is 14.4. The number of carbonyl (C=O) groups excluding carboxylic acids is 2. The Morgan fingerprint density at radius 2 is 1.64 bits per heavy atom. The van der Waals surface area contributed by atoms with E-state index in [1.165, 1.54) is 6.07 Å². The van der Waals surface area contributed by atoms with Crippen LogP contribution in [0.4, 0.5) is 4.39 Å². The van der Waals surface area contributed by atoms with Gasteiger partial charge in [-0.3, -0.25) is 15.0 Å². The van der Waals surface area contributed by atoms with Crippen LogP contribution < -0.4 is 11.3 Å². The highest BCUT2D eigenvalue weighted by molar-refractivity contribution is 6.32. The van der Waals surface area contributed by atoms with E-state index < -0.39 is 5.91 Å². The average Bonchev–Trinajstić information content (AvgIpc) is 3.32. The van der Waals surface area contributed by atoms with Crippen LogP contribution in [0.25, 0.3) is 16.9 Å². The van der Waals surface area contributed by atoms with Crippen LogP contribution in [0.5, 0.6) is 0 Å². The van der Waals surface area contributed by atoms with E-state index >= 15 is 0 Å². The molecule has 3 aromatic carbocycles. The molecule has 10 heteroatoms. The van der Waals surface area contributed by atoms with E-state index in [1.54, 1.807) is 64.2 Å². The molecule has 1 saturated heterocycles. The minimum Gasteiger partial charge on any atom is -0.337 e. The third-order valence-corrected chi connectivity index (χ3v) is 7.58. The van der Waals surface area contributed by atoms with Crippen molar-refractivity contribution in [3.63, 3.8) is 0 Å². The van der Waals surface area contributed by atoms with Crippen molar-refractivity contribution in [3.05, 3.63) is 105 Å². The molecule has 0 aliphatic carbocycles. The largest absolute Gasteiger partial charge is 0.337 e. The first-order chi connectivity index (χ1) is 18.9.